The molecule has 0 saturated carbocycles. The Hall–Kier alpha value is -2.13. The van der Waals surface area contributed by atoms with Crippen LogP contribution in [0.2, 0.25) is 0 Å². The SMILES string of the molecule is COC(=O)c1cc2c(s1)-c1ccc3ccccc3c1CC2. The molecule has 2 nitrogen and oxygen atoms in total. The lowest BCUT2D eigenvalue weighted by Gasteiger charge is -2.18. The van der Waals surface area contributed by atoms with Crippen molar-refractivity contribution >= 4 is 28.1 Å². The third kappa shape index (κ3) is 1.88. The van der Waals surface area contributed by atoms with Crippen LogP contribution >= 0.6 is 11.3 Å². The van der Waals surface area contributed by atoms with Crippen LogP contribution in [0.25, 0.3) is 21.2 Å². The number of carbonyl (C=O) groups excluding carboxylic acids is 1. The van der Waals surface area contributed by atoms with E-state index < -0.39 is 0 Å². The lowest BCUT2D eigenvalue weighted by Crippen LogP contribution is -2.01. The summed E-state index contributed by atoms with van der Waals surface area (Å²) in [6.07, 6.45) is 2.02. The van der Waals surface area contributed by atoms with Crippen molar-refractivity contribution in [3.63, 3.8) is 0 Å². The number of methoxy groups -OCH3 is 1. The van der Waals surface area contributed by atoms with Crippen molar-refractivity contribution in [1.29, 1.82) is 0 Å². The Morgan fingerprint density at radius 1 is 1.14 bits per heavy atom. The van der Waals surface area contributed by atoms with Crippen LogP contribution in [0, 0.1) is 0 Å². The molecular formula is C18H14O2S. The molecule has 3 aromatic rings. The van der Waals surface area contributed by atoms with E-state index in [4.69, 9.17) is 4.74 Å². The van der Waals surface area contributed by atoms with Crippen LogP contribution in [0.5, 0.6) is 0 Å². The predicted octanol–water partition coefficient (Wildman–Crippen LogP) is 4.45. The van der Waals surface area contributed by atoms with E-state index in [0.717, 1.165) is 12.8 Å². The molecule has 0 atom stereocenters. The third-order valence-electron chi connectivity index (χ3n) is 4.13. The smallest absolute Gasteiger partial charge is 0.348 e. The van der Waals surface area contributed by atoms with Crippen molar-refractivity contribution in [1.82, 2.24) is 0 Å². The summed E-state index contributed by atoms with van der Waals surface area (Å²) in [5.74, 6) is -0.239. The van der Waals surface area contributed by atoms with Gasteiger partial charge in [-0.3, -0.25) is 0 Å². The molecule has 3 heteroatoms. The van der Waals surface area contributed by atoms with Gasteiger partial charge >= 0.3 is 5.97 Å². The number of thiophene rings is 1. The first-order valence-corrected chi connectivity index (χ1v) is 7.81. The molecule has 0 N–H and O–H groups in total. The zero-order valence-electron chi connectivity index (χ0n) is 11.7. The van der Waals surface area contributed by atoms with E-state index in [1.165, 1.54) is 39.4 Å². The topological polar surface area (TPSA) is 26.3 Å². The number of hydrogen-bond acceptors (Lipinski definition) is 3. The summed E-state index contributed by atoms with van der Waals surface area (Å²) in [6.45, 7) is 0. The fraction of sp³-hybridized carbons (Fsp3) is 0.167. The number of ether oxygens (including phenoxy) is 1. The molecule has 0 fully saturated rings. The van der Waals surface area contributed by atoms with Crippen LogP contribution in [0.3, 0.4) is 0 Å². The van der Waals surface area contributed by atoms with Gasteiger partial charge in [0, 0.05) is 4.88 Å². The molecule has 2 aromatic carbocycles. The van der Waals surface area contributed by atoms with E-state index in [1.54, 1.807) is 11.3 Å². The summed E-state index contributed by atoms with van der Waals surface area (Å²) < 4.78 is 4.84. The molecule has 0 amide bonds. The van der Waals surface area contributed by atoms with E-state index in [-0.39, 0.29) is 5.97 Å². The largest absolute Gasteiger partial charge is 0.465 e. The van der Waals surface area contributed by atoms with Gasteiger partial charge in [0.05, 0.1) is 7.11 Å². The van der Waals surface area contributed by atoms with Gasteiger partial charge in [0.15, 0.2) is 0 Å². The Kier molecular flexibility index (Phi) is 2.82. The Bertz CT molecular complexity index is 861. The first-order chi connectivity index (χ1) is 10.3. The first kappa shape index (κ1) is 12.6. The van der Waals surface area contributed by atoms with Crippen LogP contribution in [0.4, 0.5) is 0 Å². The minimum atomic E-state index is -0.239. The highest BCUT2D eigenvalue weighted by atomic mass is 32.1. The minimum Gasteiger partial charge on any atom is -0.465 e. The van der Waals surface area contributed by atoms with Gasteiger partial charge in [0.1, 0.15) is 4.88 Å². The third-order valence-corrected chi connectivity index (χ3v) is 5.32. The van der Waals surface area contributed by atoms with Crippen LogP contribution in [0.15, 0.2) is 42.5 Å². The summed E-state index contributed by atoms with van der Waals surface area (Å²) in [6, 6.07) is 14.8. The molecular weight excluding hydrogens is 280 g/mol. The average molecular weight is 294 g/mol. The molecule has 0 radical (unpaired) electrons. The summed E-state index contributed by atoms with van der Waals surface area (Å²) in [7, 11) is 1.43. The van der Waals surface area contributed by atoms with E-state index in [2.05, 4.69) is 36.4 Å². The van der Waals surface area contributed by atoms with Crippen LogP contribution in [0.1, 0.15) is 20.8 Å². The summed E-state index contributed by atoms with van der Waals surface area (Å²) in [4.78, 5) is 13.7. The van der Waals surface area contributed by atoms with Crippen LogP contribution < -0.4 is 0 Å². The maximum atomic E-state index is 11.7. The number of fused-ring (bicyclic) bond motifs is 5. The highest BCUT2D eigenvalue weighted by molar-refractivity contribution is 7.17. The zero-order chi connectivity index (χ0) is 14.4. The second-order valence-electron chi connectivity index (χ2n) is 5.27. The molecule has 0 unspecified atom stereocenters. The fourth-order valence-electron chi connectivity index (χ4n) is 3.12. The molecule has 0 saturated heterocycles. The van der Waals surface area contributed by atoms with Gasteiger partial charge in [0.2, 0.25) is 0 Å². The van der Waals surface area contributed by atoms with Crippen LogP contribution in [-0.4, -0.2) is 13.1 Å². The second-order valence-corrected chi connectivity index (χ2v) is 6.32. The monoisotopic (exact) mass is 294 g/mol. The molecule has 0 aliphatic heterocycles. The molecule has 4 rings (SSSR count). The normalized spacial score (nSPS) is 12.8. The molecule has 104 valence electrons. The molecule has 1 aromatic heterocycles. The summed E-state index contributed by atoms with van der Waals surface area (Å²) in [5, 5.41) is 2.61. The molecule has 1 aliphatic rings. The van der Waals surface area contributed by atoms with E-state index >= 15 is 0 Å². The second kappa shape index (κ2) is 4.71. The van der Waals surface area contributed by atoms with Gasteiger partial charge in [-0.15, -0.1) is 11.3 Å². The Balaban J connectivity index is 1.94. The predicted molar refractivity (Wildman–Crippen MR) is 86.0 cm³/mol. The number of esters is 1. The minimum absolute atomic E-state index is 0.239. The van der Waals surface area contributed by atoms with Gasteiger partial charge in [-0.25, -0.2) is 4.79 Å². The summed E-state index contributed by atoms with van der Waals surface area (Å²) >= 11 is 1.54. The summed E-state index contributed by atoms with van der Waals surface area (Å²) in [5.41, 5.74) is 3.94. The van der Waals surface area contributed by atoms with Crippen LogP contribution in [-0.2, 0) is 17.6 Å². The highest BCUT2D eigenvalue weighted by Gasteiger charge is 2.23. The highest BCUT2D eigenvalue weighted by Crippen LogP contribution is 2.42. The zero-order valence-corrected chi connectivity index (χ0v) is 12.5. The van der Waals surface area contributed by atoms with E-state index in [1.807, 2.05) is 6.07 Å². The molecule has 0 spiro atoms. The fourth-order valence-corrected chi connectivity index (χ4v) is 4.30. The van der Waals surface area contributed by atoms with Gasteiger partial charge < -0.3 is 4.74 Å². The number of hydrogen-bond donors (Lipinski definition) is 0. The van der Waals surface area contributed by atoms with Crippen molar-refractivity contribution < 1.29 is 9.53 Å². The van der Waals surface area contributed by atoms with E-state index in [0.29, 0.717) is 4.88 Å². The number of rotatable bonds is 1. The van der Waals surface area contributed by atoms with Crippen molar-refractivity contribution in [2.45, 2.75) is 12.8 Å². The molecule has 21 heavy (non-hydrogen) atoms. The maximum absolute atomic E-state index is 11.7. The number of aryl methyl sites for hydroxylation is 2. The van der Waals surface area contributed by atoms with Crippen molar-refractivity contribution in [3.8, 4) is 10.4 Å². The first-order valence-electron chi connectivity index (χ1n) is 7.00. The van der Waals surface area contributed by atoms with Gasteiger partial charge in [-0.05, 0) is 46.4 Å². The Morgan fingerprint density at radius 2 is 2.00 bits per heavy atom. The van der Waals surface area contributed by atoms with Gasteiger partial charge in [-0.1, -0.05) is 36.4 Å². The Labute approximate surface area is 127 Å². The van der Waals surface area contributed by atoms with Gasteiger partial charge in [0.25, 0.3) is 0 Å². The molecule has 1 heterocycles. The quantitative estimate of drug-likeness (QED) is 0.620. The van der Waals surface area contributed by atoms with Gasteiger partial charge in [-0.2, -0.15) is 0 Å². The van der Waals surface area contributed by atoms with Crippen molar-refractivity contribution in [2.75, 3.05) is 7.11 Å². The average Bonchev–Trinajstić information content (AvgIpc) is 2.98. The van der Waals surface area contributed by atoms with E-state index in [9.17, 15) is 4.79 Å². The van der Waals surface area contributed by atoms with Crippen molar-refractivity contribution in [2.24, 2.45) is 0 Å². The molecule has 1 aliphatic carbocycles. The Morgan fingerprint density at radius 3 is 2.86 bits per heavy atom. The standard InChI is InChI=1S/C18H14O2S/c1-20-18(19)16-10-12-7-8-14-13-5-3-2-4-11(13)6-9-15(14)17(12)21-16/h2-6,9-10H,7-8H2,1H3. The lowest BCUT2D eigenvalue weighted by molar-refractivity contribution is 0.0606. The van der Waals surface area contributed by atoms with Crippen molar-refractivity contribution in [3.05, 3.63) is 58.5 Å². The number of benzene rings is 2. The lowest BCUT2D eigenvalue weighted by atomic mass is 9.88. The maximum Gasteiger partial charge on any atom is 0.348 e. The molecule has 0 bridgehead atoms. The number of carbonyl (C=O) groups is 1.